The van der Waals surface area contributed by atoms with Crippen molar-refractivity contribution in [3.8, 4) is 5.75 Å². The molecular weight excluding hydrogens is 233 g/mol. The highest BCUT2D eigenvalue weighted by molar-refractivity contribution is 5.78. The van der Waals surface area contributed by atoms with E-state index in [4.69, 9.17) is 4.74 Å². The van der Waals surface area contributed by atoms with Crippen LogP contribution in [0.2, 0.25) is 0 Å². The van der Waals surface area contributed by atoms with Crippen LogP contribution in [0.1, 0.15) is 26.2 Å². The molecule has 0 saturated carbocycles. The number of halogens is 1. The van der Waals surface area contributed by atoms with Gasteiger partial charge in [-0.3, -0.25) is 4.79 Å². The number of hydrogen-bond acceptors (Lipinski definition) is 2. The number of likely N-dealkylation sites (tertiary alicyclic amines) is 1. The first-order valence-electron chi connectivity index (χ1n) is 6.38. The Morgan fingerprint density at radius 3 is 3.11 bits per heavy atom. The van der Waals surface area contributed by atoms with Crippen molar-refractivity contribution < 1.29 is 13.9 Å². The molecule has 1 amide bonds. The molecule has 4 heteroatoms. The van der Waals surface area contributed by atoms with Gasteiger partial charge in [-0.05, 0) is 31.4 Å². The maximum atomic E-state index is 12.9. The molecule has 18 heavy (non-hydrogen) atoms. The van der Waals surface area contributed by atoms with Crippen LogP contribution in [0.25, 0.3) is 0 Å². The summed E-state index contributed by atoms with van der Waals surface area (Å²) in [5, 5.41) is 0. The van der Waals surface area contributed by atoms with E-state index in [-0.39, 0.29) is 18.3 Å². The van der Waals surface area contributed by atoms with Crippen molar-refractivity contribution in [2.45, 2.75) is 32.2 Å². The van der Waals surface area contributed by atoms with Gasteiger partial charge in [0, 0.05) is 18.7 Å². The summed E-state index contributed by atoms with van der Waals surface area (Å²) in [6.45, 7) is 2.88. The van der Waals surface area contributed by atoms with Crippen molar-refractivity contribution in [3.63, 3.8) is 0 Å². The average molecular weight is 251 g/mol. The van der Waals surface area contributed by atoms with Crippen molar-refractivity contribution >= 4 is 5.91 Å². The van der Waals surface area contributed by atoms with Crippen molar-refractivity contribution in [2.24, 2.45) is 0 Å². The minimum atomic E-state index is -0.354. The first-order valence-corrected chi connectivity index (χ1v) is 6.38. The minimum Gasteiger partial charge on any atom is -0.484 e. The molecule has 1 saturated heterocycles. The second kappa shape index (κ2) is 5.85. The van der Waals surface area contributed by atoms with Crippen molar-refractivity contribution in [1.29, 1.82) is 0 Å². The van der Waals surface area contributed by atoms with Crippen LogP contribution < -0.4 is 4.74 Å². The van der Waals surface area contributed by atoms with Gasteiger partial charge in [0.1, 0.15) is 11.6 Å². The monoisotopic (exact) mass is 251 g/mol. The van der Waals surface area contributed by atoms with E-state index in [1.807, 2.05) is 4.90 Å². The quantitative estimate of drug-likeness (QED) is 0.823. The van der Waals surface area contributed by atoms with Gasteiger partial charge in [-0.1, -0.05) is 13.0 Å². The van der Waals surface area contributed by atoms with Crippen molar-refractivity contribution in [3.05, 3.63) is 30.1 Å². The van der Waals surface area contributed by atoms with Gasteiger partial charge < -0.3 is 9.64 Å². The lowest BCUT2D eigenvalue weighted by Crippen LogP contribution is -2.38. The standard InChI is InChI=1S/C14H18FNO2/c1-2-12-6-4-8-16(12)14(17)10-18-13-7-3-5-11(15)9-13/h3,5,7,9,12H,2,4,6,8,10H2,1H3. The molecule has 1 aromatic rings. The normalized spacial score (nSPS) is 19.0. The van der Waals surface area contributed by atoms with Crippen LogP contribution in [0.4, 0.5) is 4.39 Å². The number of rotatable bonds is 4. The Labute approximate surface area is 107 Å². The smallest absolute Gasteiger partial charge is 0.260 e. The summed E-state index contributed by atoms with van der Waals surface area (Å²) in [6.07, 6.45) is 3.11. The first-order chi connectivity index (χ1) is 8.70. The zero-order valence-corrected chi connectivity index (χ0v) is 10.6. The molecule has 1 heterocycles. The molecule has 0 N–H and O–H groups in total. The summed E-state index contributed by atoms with van der Waals surface area (Å²) in [7, 11) is 0. The molecule has 2 rings (SSSR count). The lowest BCUT2D eigenvalue weighted by Gasteiger charge is -2.23. The van der Waals surface area contributed by atoms with E-state index in [1.165, 1.54) is 12.1 Å². The van der Waals surface area contributed by atoms with Crippen molar-refractivity contribution in [1.82, 2.24) is 4.90 Å². The van der Waals surface area contributed by atoms with E-state index in [0.717, 1.165) is 25.8 Å². The third-order valence-electron chi connectivity index (χ3n) is 3.33. The molecule has 3 nitrogen and oxygen atoms in total. The third-order valence-corrected chi connectivity index (χ3v) is 3.33. The largest absolute Gasteiger partial charge is 0.484 e. The van der Waals surface area contributed by atoms with E-state index < -0.39 is 0 Å². The molecule has 1 unspecified atom stereocenters. The second-order valence-corrected chi connectivity index (χ2v) is 4.54. The number of hydrogen-bond donors (Lipinski definition) is 0. The van der Waals surface area contributed by atoms with Gasteiger partial charge in [0.2, 0.25) is 0 Å². The SMILES string of the molecule is CCC1CCCN1C(=O)COc1cccc(F)c1. The van der Waals surface area contributed by atoms with E-state index in [0.29, 0.717) is 11.8 Å². The fraction of sp³-hybridized carbons (Fsp3) is 0.500. The van der Waals surface area contributed by atoms with Crippen LogP contribution in [0, 0.1) is 5.82 Å². The van der Waals surface area contributed by atoms with Gasteiger partial charge in [-0.15, -0.1) is 0 Å². The highest BCUT2D eigenvalue weighted by Gasteiger charge is 2.27. The van der Waals surface area contributed by atoms with Crippen LogP contribution in [-0.2, 0) is 4.79 Å². The molecule has 1 fully saturated rings. The summed E-state index contributed by atoms with van der Waals surface area (Å²) in [4.78, 5) is 13.9. The summed E-state index contributed by atoms with van der Waals surface area (Å²) < 4.78 is 18.3. The Morgan fingerprint density at radius 2 is 2.39 bits per heavy atom. The van der Waals surface area contributed by atoms with Crippen LogP contribution in [-0.4, -0.2) is 30.0 Å². The fourth-order valence-electron chi connectivity index (χ4n) is 2.37. The van der Waals surface area contributed by atoms with Crippen LogP contribution >= 0.6 is 0 Å². The highest BCUT2D eigenvalue weighted by Crippen LogP contribution is 2.20. The predicted molar refractivity (Wildman–Crippen MR) is 66.9 cm³/mol. The van der Waals surface area contributed by atoms with Crippen LogP contribution in [0.15, 0.2) is 24.3 Å². The van der Waals surface area contributed by atoms with Crippen LogP contribution in [0.5, 0.6) is 5.75 Å². The Bertz CT molecular complexity index is 422. The molecule has 98 valence electrons. The number of ether oxygens (including phenoxy) is 1. The predicted octanol–water partition coefficient (Wildman–Crippen LogP) is 2.61. The molecule has 1 atom stereocenters. The molecule has 0 bridgehead atoms. The molecule has 0 aliphatic carbocycles. The molecule has 0 aromatic heterocycles. The molecule has 1 aliphatic heterocycles. The van der Waals surface area contributed by atoms with Crippen LogP contribution in [0.3, 0.4) is 0 Å². The van der Waals surface area contributed by atoms with Gasteiger partial charge in [0.25, 0.3) is 5.91 Å². The number of carbonyl (C=O) groups excluding carboxylic acids is 1. The first kappa shape index (κ1) is 12.9. The third kappa shape index (κ3) is 3.00. The van der Waals surface area contributed by atoms with Gasteiger partial charge in [0.05, 0.1) is 0 Å². The second-order valence-electron chi connectivity index (χ2n) is 4.54. The number of nitrogens with zero attached hydrogens (tertiary/aromatic N) is 1. The number of carbonyl (C=O) groups is 1. The molecule has 1 aromatic carbocycles. The fourth-order valence-corrected chi connectivity index (χ4v) is 2.37. The Morgan fingerprint density at radius 1 is 1.56 bits per heavy atom. The lowest BCUT2D eigenvalue weighted by molar-refractivity contribution is -0.134. The van der Waals surface area contributed by atoms with E-state index in [1.54, 1.807) is 12.1 Å². The highest BCUT2D eigenvalue weighted by atomic mass is 19.1. The van der Waals surface area contributed by atoms with Gasteiger partial charge in [0.15, 0.2) is 6.61 Å². The lowest BCUT2D eigenvalue weighted by atomic mass is 10.2. The number of benzene rings is 1. The van der Waals surface area contributed by atoms with Gasteiger partial charge >= 0.3 is 0 Å². The summed E-state index contributed by atoms with van der Waals surface area (Å²) in [6, 6.07) is 6.20. The maximum absolute atomic E-state index is 12.9. The molecule has 0 radical (unpaired) electrons. The Hall–Kier alpha value is -1.58. The number of amides is 1. The topological polar surface area (TPSA) is 29.5 Å². The summed E-state index contributed by atoms with van der Waals surface area (Å²) in [5.74, 6) is 0.0340. The van der Waals surface area contributed by atoms with E-state index in [2.05, 4.69) is 6.92 Å². The van der Waals surface area contributed by atoms with Gasteiger partial charge in [-0.25, -0.2) is 4.39 Å². The average Bonchev–Trinajstić information content (AvgIpc) is 2.84. The zero-order valence-electron chi connectivity index (χ0n) is 10.6. The molecule has 1 aliphatic rings. The molecular formula is C14H18FNO2. The molecule has 0 spiro atoms. The Balaban J connectivity index is 1.88. The Kier molecular flexibility index (Phi) is 4.18. The summed E-state index contributed by atoms with van der Waals surface area (Å²) in [5.41, 5.74) is 0. The maximum Gasteiger partial charge on any atom is 0.260 e. The zero-order chi connectivity index (χ0) is 13.0. The van der Waals surface area contributed by atoms with E-state index >= 15 is 0 Å². The minimum absolute atomic E-state index is 0.0105. The summed E-state index contributed by atoms with van der Waals surface area (Å²) >= 11 is 0. The van der Waals surface area contributed by atoms with Gasteiger partial charge in [-0.2, -0.15) is 0 Å². The van der Waals surface area contributed by atoms with Crippen molar-refractivity contribution in [2.75, 3.05) is 13.2 Å². The van der Waals surface area contributed by atoms with E-state index in [9.17, 15) is 9.18 Å².